The van der Waals surface area contributed by atoms with Gasteiger partial charge in [0.1, 0.15) is 6.23 Å². The Hall–Kier alpha value is -1.61. The van der Waals surface area contributed by atoms with Gasteiger partial charge in [-0.1, -0.05) is 36.9 Å². The average Bonchev–Trinajstić information content (AvgIpc) is 2.83. The van der Waals surface area contributed by atoms with Gasteiger partial charge < -0.3 is 9.64 Å². The lowest BCUT2D eigenvalue weighted by Gasteiger charge is -2.24. The van der Waals surface area contributed by atoms with Gasteiger partial charge in [-0.2, -0.15) is 0 Å². The van der Waals surface area contributed by atoms with E-state index in [1.807, 2.05) is 37.3 Å². The van der Waals surface area contributed by atoms with E-state index in [0.717, 1.165) is 24.1 Å². The van der Waals surface area contributed by atoms with Crippen LogP contribution in [0, 0.1) is 0 Å². The number of carbonyl (C=O) groups is 1. The van der Waals surface area contributed by atoms with Crippen molar-refractivity contribution in [3.05, 3.63) is 42.0 Å². The zero-order valence-electron chi connectivity index (χ0n) is 10.8. The van der Waals surface area contributed by atoms with Gasteiger partial charge in [0.2, 0.25) is 5.91 Å². The maximum atomic E-state index is 11.5. The molecule has 0 aliphatic carbocycles. The molecular weight excluding hydrogens is 226 g/mol. The summed E-state index contributed by atoms with van der Waals surface area (Å²) in [5.74, 6) is 0.199. The second kappa shape index (κ2) is 5.83. The third-order valence-electron chi connectivity index (χ3n) is 3.26. The minimum absolute atomic E-state index is 0.140. The number of nitrogens with zero attached hydrogens (tertiary/aromatic N) is 1. The molecule has 3 nitrogen and oxygen atoms in total. The van der Waals surface area contributed by atoms with E-state index >= 15 is 0 Å². The first kappa shape index (κ1) is 12.8. The number of likely N-dealkylation sites (tertiary alicyclic amines) is 1. The van der Waals surface area contributed by atoms with E-state index in [1.54, 1.807) is 4.90 Å². The minimum Gasteiger partial charge on any atom is -0.354 e. The first-order valence-corrected chi connectivity index (χ1v) is 6.33. The molecule has 1 aliphatic rings. The highest BCUT2D eigenvalue weighted by Gasteiger charge is 2.25. The van der Waals surface area contributed by atoms with Crippen molar-refractivity contribution in [2.24, 2.45) is 0 Å². The molecule has 1 unspecified atom stereocenters. The maximum absolute atomic E-state index is 11.5. The van der Waals surface area contributed by atoms with E-state index in [2.05, 4.69) is 6.58 Å². The highest BCUT2D eigenvalue weighted by atomic mass is 16.5. The van der Waals surface area contributed by atoms with Crippen molar-refractivity contribution in [3.63, 3.8) is 0 Å². The second-order valence-electron chi connectivity index (χ2n) is 4.55. The molecule has 3 heteroatoms. The standard InChI is InChI=1S/C15H19NO2/c1-3-13-6-8-14(9-7-13)11-18-12(2)16-10-4-5-15(16)17/h3,6-9,12H,1,4-5,10-11H2,2H3. The highest BCUT2D eigenvalue weighted by molar-refractivity contribution is 5.78. The molecule has 0 aromatic heterocycles. The molecule has 0 N–H and O–H groups in total. The summed E-state index contributed by atoms with van der Waals surface area (Å²) in [5, 5.41) is 0. The van der Waals surface area contributed by atoms with Crippen LogP contribution in [0.25, 0.3) is 6.08 Å². The number of ether oxygens (including phenoxy) is 1. The van der Waals surface area contributed by atoms with Crippen molar-refractivity contribution in [2.75, 3.05) is 6.54 Å². The zero-order chi connectivity index (χ0) is 13.0. The van der Waals surface area contributed by atoms with Gasteiger partial charge in [-0.05, 0) is 24.5 Å². The number of carbonyl (C=O) groups excluding carboxylic acids is 1. The molecule has 1 aliphatic heterocycles. The third kappa shape index (κ3) is 2.99. The van der Waals surface area contributed by atoms with Gasteiger partial charge in [0.05, 0.1) is 6.61 Å². The lowest BCUT2D eigenvalue weighted by molar-refractivity contribution is -0.140. The van der Waals surface area contributed by atoms with Crippen molar-refractivity contribution in [3.8, 4) is 0 Å². The monoisotopic (exact) mass is 245 g/mol. The van der Waals surface area contributed by atoms with Crippen LogP contribution >= 0.6 is 0 Å². The summed E-state index contributed by atoms with van der Waals surface area (Å²) >= 11 is 0. The Kier molecular flexibility index (Phi) is 4.15. The van der Waals surface area contributed by atoms with Crippen LogP contribution in [0.3, 0.4) is 0 Å². The normalized spacial score (nSPS) is 16.9. The van der Waals surface area contributed by atoms with Gasteiger partial charge in [0.25, 0.3) is 0 Å². The Morgan fingerprint density at radius 3 is 2.72 bits per heavy atom. The van der Waals surface area contributed by atoms with Crippen LogP contribution in [0.15, 0.2) is 30.8 Å². The molecule has 1 saturated heterocycles. The summed E-state index contributed by atoms with van der Waals surface area (Å²) in [5.41, 5.74) is 2.21. The van der Waals surface area contributed by atoms with Crippen LogP contribution in [0.1, 0.15) is 30.9 Å². The highest BCUT2D eigenvalue weighted by Crippen LogP contribution is 2.15. The van der Waals surface area contributed by atoms with Crippen LogP contribution < -0.4 is 0 Å². The molecule has 2 rings (SSSR count). The predicted octanol–water partition coefficient (Wildman–Crippen LogP) is 2.81. The van der Waals surface area contributed by atoms with Crippen LogP contribution in [-0.2, 0) is 16.1 Å². The van der Waals surface area contributed by atoms with Crippen molar-refractivity contribution in [1.82, 2.24) is 4.90 Å². The van der Waals surface area contributed by atoms with Gasteiger partial charge >= 0.3 is 0 Å². The van der Waals surface area contributed by atoms with Crippen LogP contribution in [0.5, 0.6) is 0 Å². The van der Waals surface area contributed by atoms with Crippen molar-refractivity contribution in [1.29, 1.82) is 0 Å². The fraction of sp³-hybridized carbons (Fsp3) is 0.400. The topological polar surface area (TPSA) is 29.5 Å². The van der Waals surface area contributed by atoms with Gasteiger partial charge in [-0.25, -0.2) is 0 Å². The molecule has 1 fully saturated rings. The molecular formula is C15H19NO2. The zero-order valence-corrected chi connectivity index (χ0v) is 10.8. The van der Waals surface area contributed by atoms with Crippen LogP contribution in [0.2, 0.25) is 0 Å². The van der Waals surface area contributed by atoms with Crippen LogP contribution in [-0.4, -0.2) is 23.6 Å². The molecule has 0 radical (unpaired) electrons. The molecule has 96 valence electrons. The van der Waals surface area contributed by atoms with Crippen LogP contribution in [0.4, 0.5) is 0 Å². The average molecular weight is 245 g/mol. The maximum Gasteiger partial charge on any atom is 0.224 e. The molecule has 1 atom stereocenters. The number of hydrogen-bond donors (Lipinski definition) is 0. The Morgan fingerprint density at radius 1 is 1.44 bits per heavy atom. The molecule has 1 aromatic rings. The lowest BCUT2D eigenvalue weighted by atomic mass is 10.1. The molecule has 1 heterocycles. The van der Waals surface area contributed by atoms with Crippen molar-refractivity contribution >= 4 is 12.0 Å². The quantitative estimate of drug-likeness (QED) is 0.798. The van der Waals surface area contributed by atoms with E-state index in [0.29, 0.717) is 13.0 Å². The predicted molar refractivity (Wildman–Crippen MR) is 71.7 cm³/mol. The molecule has 18 heavy (non-hydrogen) atoms. The first-order chi connectivity index (χ1) is 8.70. The largest absolute Gasteiger partial charge is 0.354 e. The van der Waals surface area contributed by atoms with E-state index in [9.17, 15) is 4.79 Å². The summed E-state index contributed by atoms with van der Waals surface area (Å²) in [6, 6.07) is 8.07. The van der Waals surface area contributed by atoms with E-state index in [4.69, 9.17) is 4.74 Å². The van der Waals surface area contributed by atoms with Crippen molar-refractivity contribution < 1.29 is 9.53 Å². The van der Waals surface area contributed by atoms with Gasteiger partial charge in [-0.15, -0.1) is 0 Å². The Morgan fingerprint density at radius 2 is 2.17 bits per heavy atom. The van der Waals surface area contributed by atoms with E-state index < -0.39 is 0 Å². The molecule has 1 aromatic carbocycles. The molecule has 1 amide bonds. The second-order valence-corrected chi connectivity index (χ2v) is 4.55. The Labute approximate surface area is 108 Å². The van der Waals surface area contributed by atoms with E-state index in [1.165, 1.54) is 0 Å². The number of hydrogen-bond acceptors (Lipinski definition) is 2. The SMILES string of the molecule is C=Cc1ccc(COC(C)N2CCCC2=O)cc1. The Balaban J connectivity index is 1.86. The molecule has 0 saturated carbocycles. The smallest absolute Gasteiger partial charge is 0.224 e. The fourth-order valence-corrected chi connectivity index (χ4v) is 2.11. The summed E-state index contributed by atoms with van der Waals surface area (Å²) < 4.78 is 5.74. The number of benzene rings is 1. The Bertz CT molecular complexity index is 425. The van der Waals surface area contributed by atoms with Gasteiger partial charge in [0, 0.05) is 13.0 Å². The summed E-state index contributed by atoms with van der Waals surface area (Å²) in [6.07, 6.45) is 3.28. The third-order valence-corrected chi connectivity index (χ3v) is 3.26. The number of rotatable bonds is 5. The molecule has 0 bridgehead atoms. The summed E-state index contributed by atoms with van der Waals surface area (Å²) in [6.45, 7) is 7.00. The van der Waals surface area contributed by atoms with Gasteiger partial charge in [0.15, 0.2) is 0 Å². The fourth-order valence-electron chi connectivity index (χ4n) is 2.11. The van der Waals surface area contributed by atoms with E-state index in [-0.39, 0.29) is 12.1 Å². The van der Waals surface area contributed by atoms with Gasteiger partial charge in [-0.3, -0.25) is 4.79 Å². The molecule has 0 spiro atoms. The minimum atomic E-state index is -0.140. The lowest BCUT2D eigenvalue weighted by Crippen LogP contribution is -2.35. The first-order valence-electron chi connectivity index (χ1n) is 6.33. The number of amides is 1. The van der Waals surface area contributed by atoms with Crippen molar-refractivity contribution in [2.45, 2.75) is 32.6 Å². The summed E-state index contributed by atoms with van der Waals surface area (Å²) in [4.78, 5) is 13.3. The summed E-state index contributed by atoms with van der Waals surface area (Å²) in [7, 11) is 0.